The first-order chi connectivity index (χ1) is 12.4. The smallest absolute Gasteiger partial charge is 0.249 e. The Morgan fingerprint density at radius 2 is 1.96 bits per heavy atom. The Labute approximate surface area is 157 Å². The molecule has 7 heteroatoms. The van der Waals surface area contributed by atoms with Crippen LogP contribution in [0.1, 0.15) is 31.0 Å². The Morgan fingerprint density at radius 3 is 2.58 bits per heavy atom. The van der Waals surface area contributed by atoms with Gasteiger partial charge in [-0.3, -0.25) is 4.79 Å². The fourth-order valence-electron chi connectivity index (χ4n) is 3.39. The molecule has 0 radical (unpaired) electrons. The summed E-state index contributed by atoms with van der Waals surface area (Å²) in [6.07, 6.45) is 2.65. The van der Waals surface area contributed by atoms with Crippen LogP contribution >= 0.6 is 11.6 Å². The lowest BCUT2D eigenvalue weighted by Crippen LogP contribution is -2.50. The summed E-state index contributed by atoms with van der Waals surface area (Å²) < 4.78 is 12.1. The number of carbonyl (C=O) groups excluding carboxylic acids is 1. The highest BCUT2D eigenvalue weighted by atomic mass is 35.5. The van der Waals surface area contributed by atoms with Crippen LogP contribution in [0, 0.1) is 12.7 Å². The summed E-state index contributed by atoms with van der Waals surface area (Å²) in [5.74, 6) is 0.785. The molecule has 2 aliphatic rings. The number of anilines is 2. The lowest BCUT2D eigenvalue weighted by Gasteiger charge is -2.37. The van der Waals surface area contributed by atoms with Gasteiger partial charge in [-0.05, 0) is 49.9 Å². The summed E-state index contributed by atoms with van der Waals surface area (Å²) in [4.78, 5) is 24.7. The van der Waals surface area contributed by atoms with Crippen molar-refractivity contribution in [1.29, 1.82) is 0 Å². The summed E-state index contributed by atoms with van der Waals surface area (Å²) in [7, 11) is 1.80. The molecule has 2 aliphatic heterocycles. The minimum Gasteiger partial charge on any atom is -0.343 e. The maximum Gasteiger partial charge on any atom is 0.249 e. The SMILES string of the molecule is CCc1nc(Cl)nc2c1N(C)C(=O)C1CCCN21.Cc1ccc(F)cc1. The fraction of sp³-hybridized carbons (Fsp3) is 0.421. The first-order valence-electron chi connectivity index (χ1n) is 8.75. The van der Waals surface area contributed by atoms with Crippen molar-refractivity contribution >= 4 is 29.0 Å². The monoisotopic (exact) mass is 376 g/mol. The predicted octanol–water partition coefficient (Wildman–Crippen LogP) is 3.77. The first-order valence-corrected chi connectivity index (χ1v) is 9.13. The predicted molar refractivity (Wildman–Crippen MR) is 101 cm³/mol. The molecule has 0 spiro atoms. The molecular formula is C19H22ClFN4O. The van der Waals surface area contributed by atoms with Crippen molar-refractivity contribution in [2.75, 3.05) is 23.4 Å². The second-order valence-corrected chi connectivity index (χ2v) is 6.85. The summed E-state index contributed by atoms with van der Waals surface area (Å²) in [6.45, 7) is 4.81. The molecule has 2 aromatic rings. The third-order valence-corrected chi connectivity index (χ3v) is 4.90. The summed E-state index contributed by atoms with van der Waals surface area (Å²) in [5.41, 5.74) is 2.75. The number of halogens is 2. The number of hydrogen-bond acceptors (Lipinski definition) is 4. The van der Waals surface area contributed by atoms with Crippen molar-refractivity contribution in [2.24, 2.45) is 0 Å². The van der Waals surface area contributed by atoms with Crippen LogP contribution in [0.4, 0.5) is 15.9 Å². The van der Waals surface area contributed by atoms with Crippen molar-refractivity contribution in [3.63, 3.8) is 0 Å². The largest absolute Gasteiger partial charge is 0.343 e. The van der Waals surface area contributed by atoms with Crippen molar-refractivity contribution < 1.29 is 9.18 Å². The Balaban J connectivity index is 0.000000206. The molecule has 1 aromatic carbocycles. The van der Waals surface area contributed by atoms with Gasteiger partial charge in [0.05, 0.1) is 5.69 Å². The van der Waals surface area contributed by atoms with Crippen molar-refractivity contribution in [2.45, 2.75) is 39.2 Å². The van der Waals surface area contributed by atoms with Gasteiger partial charge in [-0.15, -0.1) is 0 Å². The van der Waals surface area contributed by atoms with Gasteiger partial charge < -0.3 is 9.80 Å². The topological polar surface area (TPSA) is 49.3 Å². The molecule has 1 fully saturated rings. The molecule has 26 heavy (non-hydrogen) atoms. The Kier molecular flexibility index (Phi) is 5.41. The van der Waals surface area contributed by atoms with E-state index in [1.54, 1.807) is 24.1 Å². The lowest BCUT2D eigenvalue weighted by atomic mass is 10.1. The molecule has 1 atom stereocenters. The molecule has 4 rings (SSSR count). The van der Waals surface area contributed by atoms with Crippen LogP contribution in [0.15, 0.2) is 24.3 Å². The molecule has 1 amide bonds. The van der Waals surface area contributed by atoms with E-state index in [0.29, 0.717) is 0 Å². The molecule has 0 saturated carbocycles. The van der Waals surface area contributed by atoms with Crippen LogP contribution in [0.5, 0.6) is 0 Å². The minimum atomic E-state index is -0.171. The molecule has 3 heterocycles. The van der Waals surface area contributed by atoms with Gasteiger partial charge in [0.2, 0.25) is 11.2 Å². The molecule has 138 valence electrons. The highest BCUT2D eigenvalue weighted by Crippen LogP contribution is 2.40. The number of aromatic nitrogens is 2. The van der Waals surface area contributed by atoms with E-state index >= 15 is 0 Å². The molecule has 0 aliphatic carbocycles. The third kappa shape index (κ3) is 3.51. The van der Waals surface area contributed by atoms with E-state index in [2.05, 4.69) is 14.9 Å². The van der Waals surface area contributed by atoms with E-state index in [9.17, 15) is 9.18 Å². The number of aryl methyl sites for hydroxylation is 2. The summed E-state index contributed by atoms with van der Waals surface area (Å²) in [5, 5.41) is 0.263. The number of fused-ring (bicyclic) bond motifs is 3. The van der Waals surface area contributed by atoms with E-state index in [-0.39, 0.29) is 23.0 Å². The van der Waals surface area contributed by atoms with E-state index in [1.807, 2.05) is 13.8 Å². The second-order valence-electron chi connectivity index (χ2n) is 6.51. The van der Waals surface area contributed by atoms with E-state index in [0.717, 1.165) is 48.6 Å². The van der Waals surface area contributed by atoms with Gasteiger partial charge in [0, 0.05) is 13.6 Å². The highest BCUT2D eigenvalue weighted by Gasteiger charge is 2.41. The third-order valence-electron chi connectivity index (χ3n) is 4.73. The number of carbonyl (C=O) groups is 1. The van der Waals surface area contributed by atoms with Gasteiger partial charge in [0.25, 0.3) is 0 Å². The van der Waals surface area contributed by atoms with Gasteiger partial charge in [0.1, 0.15) is 17.5 Å². The van der Waals surface area contributed by atoms with E-state index < -0.39 is 0 Å². The number of benzene rings is 1. The zero-order valence-electron chi connectivity index (χ0n) is 15.2. The molecule has 0 N–H and O–H groups in total. The zero-order chi connectivity index (χ0) is 18.8. The maximum absolute atomic E-state index is 12.3. The van der Waals surface area contributed by atoms with Crippen LogP contribution in [-0.2, 0) is 11.2 Å². The molecule has 5 nitrogen and oxygen atoms in total. The Bertz CT molecular complexity index is 791. The zero-order valence-corrected chi connectivity index (χ0v) is 15.9. The van der Waals surface area contributed by atoms with E-state index in [4.69, 9.17) is 11.6 Å². The van der Waals surface area contributed by atoms with Gasteiger partial charge in [0.15, 0.2) is 5.82 Å². The normalized spacial score (nSPS) is 18.2. The highest BCUT2D eigenvalue weighted by molar-refractivity contribution is 6.28. The van der Waals surface area contributed by atoms with Crippen LogP contribution in [0.2, 0.25) is 5.28 Å². The first kappa shape index (κ1) is 18.6. The van der Waals surface area contributed by atoms with Crippen molar-refractivity contribution in [3.8, 4) is 0 Å². The fourth-order valence-corrected chi connectivity index (χ4v) is 3.58. The van der Waals surface area contributed by atoms with Crippen LogP contribution in [0.3, 0.4) is 0 Å². The quantitative estimate of drug-likeness (QED) is 0.711. The summed E-state index contributed by atoms with van der Waals surface area (Å²) in [6, 6.07) is 6.33. The van der Waals surface area contributed by atoms with Gasteiger partial charge in [-0.2, -0.15) is 4.98 Å². The average Bonchev–Trinajstić information content (AvgIpc) is 3.12. The van der Waals surface area contributed by atoms with Crippen molar-refractivity contribution in [3.05, 3.63) is 46.6 Å². The molecule has 1 saturated heterocycles. The number of rotatable bonds is 1. The standard InChI is InChI=1S/C12H15ClN4O.C7H7F/c1-3-7-9-10(15-12(13)14-7)17-6-4-5-8(17)11(18)16(9)2;1-6-2-4-7(8)5-3-6/h8H,3-6H2,1-2H3;2-5H,1H3. The Morgan fingerprint density at radius 1 is 1.27 bits per heavy atom. The summed E-state index contributed by atoms with van der Waals surface area (Å²) >= 11 is 5.98. The van der Waals surface area contributed by atoms with Crippen LogP contribution < -0.4 is 9.80 Å². The van der Waals surface area contributed by atoms with Crippen LogP contribution in [0.25, 0.3) is 0 Å². The van der Waals surface area contributed by atoms with E-state index in [1.165, 1.54) is 12.1 Å². The second kappa shape index (κ2) is 7.58. The molecular weight excluding hydrogens is 355 g/mol. The molecule has 1 aromatic heterocycles. The molecule has 1 unspecified atom stereocenters. The number of hydrogen-bond donors (Lipinski definition) is 0. The number of nitrogens with zero attached hydrogens (tertiary/aromatic N) is 4. The number of amides is 1. The maximum atomic E-state index is 12.3. The average molecular weight is 377 g/mol. The Hall–Kier alpha value is -2.21. The number of likely N-dealkylation sites (N-methyl/N-ethyl adjacent to an activating group) is 1. The van der Waals surface area contributed by atoms with Crippen LogP contribution in [-0.4, -0.2) is 35.5 Å². The molecule has 0 bridgehead atoms. The lowest BCUT2D eigenvalue weighted by molar-refractivity contribution is -0.119. The van der Waals surface area contributed by atoms with Gasteiger partial charge in [-0.1, -0.05) is 24.6 Å². The van der Waals surface area contributed by atoms with Gasteiger partial charge >= 0.3 is 0 Å². The van der Waals surface area contributed by atoms with Gasteiger partial charge in [-0.25, -0.2) is 9.37 Å². The minimum absolute atomic E-state index is 0.0711. The van der Waals surface area contributed by atoms with Crippen molar-refractivity contribution in [1.82, 2.24) is 9.97 Å².